The molecule has 0 aliphatic carbocycles. The van der Waals surface area contributed by atoms with Gasteiger partial charge in [0.2, 0.25) is 0 Å². The highest BCUT2D eigenvalue weighted by Gasteiger charge is 2.46. The van der Waals surface area contributed by atoms with Crippen molar-refractivity contribution in [3.8, 4) is 0 Å². The molecule has 3 saturated heterocycles. The minimum Gasteiger partial charge on any atom is -0.861 e. The zero-order valence-corrected chi connectivity index (χ0v) is 21.5. The van der Waals surface area contributed by atoms with Gasteiger partial charge in [0.05, 0.1) is 25.0 Å². The number of unbranched alkanes of at least 4 members (excludes halogenated alkanes) is 1. The van der Waals surface area contributed by atoms with Crippen LogP contribution in [0.2, 0.25) is 0 Å². The number of nitrogens with zero attached hydrogens (tertiary/aromatic N) is 5. The van der Waals surface area contributed by atoms with Crippen LogP contribution in [0.3, 0.4) is 0 Å². The van der Waals surface area contributed by atoms with Gasteiger partial charge in [-0.15, -0.1) is 0 Å². The Morgan fingerprint density at radius 2 is 2.18 bits per heavy atom. The number of alkyl halides is 1. The molecule has 7 atom stereocenters. The monoisotopic (exact) mass is 573 g/mol. The van der Waals surface area contributed by atoms with Crippen LogP contribution in [-0.2, 0) is 19.2 Å². The molecule has 0 aromatic carbocycles. The quantitative estimate of drug-likeness (QED) is 0.113. The number of hydrogen-bond acceptors (Lipinski definition) is 12. The van der Waals surface area contributed by atoms with Crippen LogP contribution in [0.1, 0.15) is 31.9 Å². The predicted molar refractivity (Wildman–Crippen MR) is 131 cm³/mol. The third kappa shape index (κ3) is 5.49. The van der Waals surface area contributed by atoms with Gasteiger partial charge < -0.3 is 31.3 Å². The maximum Gasteiger partial charge on any atom is 0.380 e. The van der Waals surface area contributed by atoms with Crippen LogP contribution in [0.25, 0.3) is 11.2 Å². The first-order chi connectivity index (χ1) is 18.1. The number of rotatable bonds is 10. The van der Waals surface area contributed by atoms with E-state index in [0.717, 1.165) is 18.5 Å². The van der Waals surface area contributed by atoms with E-state index in [0.29, 0.717) is 12.8 Å². The maximum absolute atomic E-state index is 14.8. The lowest BCUT2D eigenvalue weighted by molar-refractivity contribution is -0.218. The van der Waals surface area contributed by atoms with Gasteiger partial charge in [0, 0.05) is 11.0 Å². The molecule has 38 heavy (non-hydrogen) atoms. The normalized spacial score (nSPS) is 31.5. The summed E-state index contributed by atoms with van der Waals surface area (Å²) in [6.07, 6.45) is -2.32. The van der Waals surface area contributed by atoms with Crippen molar-refractivity contribution in [2.24, 2.45) is 4.40 Å². The number of amides is 2. The number of aliphatic hydroxyl groups excluding tert-OH is 1. The van der Waals surface area contributed by atoms with Crippen molar-refractivity contribution in [2.45, 2.75) is 67.6 Å². The lowest BCUT2D eigenvalue weighted by Gasteiger charge is -2.17. The number of urea groups is 1. The highest BCUT2D eigenvalue weighted by Crippen LogP contribution is 2.35. The number of hydrogen-bond donors (Lipinski definition) is 4. The Bertz CT molecular complexity index is 1330. The first-order valence-electron chi connectivity index (χ1n) is 11.9. The molecule has 208 valence electrons. The van der Waals surface area contributed by atoms with Gasteiger partial charge in [-0.2, -0.15) is 24.6 Å². The largest absolute Gasteiger partial charge is 0.861 e. The molecule has 0 bridgehead atoms. The Labute approximate surface area is 220 Å². The Morgan fingerprint density at radius 3 is 3.00 bits per heavy atom. The van der Waals surface area contributed by atoms with Gasteiger partial charge >= 0.3 is 16.3 Å². The van der Waals surface area contributed by atoms with E-state index in [1.54, 1.807) is 11.8 Å². The summed E-state index contributed by atoms with van der Waals surface area (Å²) in [5.74, 6) is 0.0167. The van der Waals surface area contributed by atoms with Gasteiger partial charge in [0.1, 0.15) is 24.1 Å². The van der Waals surface area contributed by atoms with Crippen LogP contribution < -0.4 is 21.5 Å². The SMILES string of the molecule is Nc1ncnc2c1ncn2[C@@H]1O[C@H](COS(=O)(=O)/N=C(\[O-])CCCC[C@@H]2SC[C@@H]3NC(=O)N[C@@H]32)[C@@H](O)[C@@H]1F. The average Bonchev–Trinajstić information content (AvgIpc) is 3.61. The van der Waals surface area contributed by atoms with Crippen LogP contribution in [-0.4, -0.2) is 93.0 Å². The fourth-order valence-electron chi connectivity index (χ4n) is 4.74. The number of thioether (sulfide) groups is 1. The van der Waals surface area contributed by atoms with Crippen molar-refractivity contribution in [2.75, 3.05) is 18.1 Å². The number of nitrogens with two attached hydrogens (primary N) is 1. The molecule has 3 aliphatic rings. The third-order valence-electron chi connectivity index (χ3n) is 6.62. The average molecular weight is 574 g/mol. The molecule has 3 aliphatic heterocycles. The summed E-state index contributed by atoms with van der Waals surface area (Å²) >= 11 is 1.75. The molecule has 0 radical (unpaired) electrons. The number of aliphatic hydroxyl groups is 1. The van der Waals surface area contributed by atoms with Crippen molar-refractivity contribution in [3.05, 3.63) is 12.7 Å². The van der Waals surface area contributed by atoms with Gasteiger partial charge in [-0.3, -0.25) is 4.57 Å². The van der Waals surface area contributed by atoms with Crippen molar-refractivity contribution in [3.63, 3.8) is 0 Å². The standard InChI is InChI=1S/C20H27FN8O7S2/c21-13-16(31)10(36-19(13)29-8-25-15-17(22)23-7-24-18(15)29)5-35-38(33,34)28-12(30)4-2-1-3-11-14-9(6-37-11)26-20(32)27-14/h7-11,13-14,16,19,31H,1-6H2,(H,28,30)(H2,22,23,24)(H2,26,27,32)/p-1/t9-,10+,11-,13-,14-,16+,19+/m0/s1. The maximum atomic E-state index is 14.8. The summed E-state index contributed by atoms with van der Waals surface area (Å²) in [6.45, 7) is -0.762. The molecule has 15 nitrogen and oxygen atoms in total. The fraction of sp³-hybridized carbons (Fsp3) is 0.650. The molecule has 2 aromatic heterocycles. The van der Waals surface area contributed by atoms with E-state index in [2.05, 4.69) is 30.0 Å². The molecule has 18 heteroatoms. The highest BCUT2D eigenvalue weighted by atomic mass is 32.2. The van der Waals surface area contributed by atoms with E-state index >= 15 is 0 Å². The molecular formula is C20H26FN8O7S2-. The number of fused-ring (bicyclic) bond motifs is 2. The second-order valence-electron chi connectivity index (χ2n) is 9.15. The number of nitrogens with one attached hydrogen (secondary N) is 2. The molecule has 0 saturated carbocycles. The van der Waals surface area contributed by atoms with Crippen LogP contribution in [0, 0.1) is 0 Å². The number of ether oxygens (including phenoxy) is 1. The van der Waals surface area contributed by atoms with E-state index in [4.69, 9.17) is 14.7 Å². The number of carbonyl (C=O) groups excluding carboxylic acids is 1. The number of aromatic nitrogens is 4. The van der Waals surface area contributed by atoms with Crippen molar-refractivity contribution in [1.29, 1.82) is 0 Å². The molecule has 0 unspecified atom stereocenters. The topological polar surface area (TPSA) is 219 Å². The van der Waals surface area contributed by atoms with Gasteiger partial charge in [0.25, 0.3) is 0 Å². The summed E-state index contributed by atoms with van der Waals surface area (Å²) < 4.78 is 53.7. The number of anilines is 1. The van der Waals surface area contributed by atoms with Crippen LogP contribution in [0.15, 0.2) is 17.1 Å². The molecular weight excluding hydrogens is 547 g/mol. The number of halogens is 1. The summed E-state index contributed by atoms with van der Waals surface area (Å²) in [7, 11) is -4.65. The molecule has 3 fully saturated rings. The number of carbonyl (C=O) groups is 1. The van der Waals surface area contributed by atoms with Crippen LogP contribution in [0.5, 0.6) is 0 Å². The Balaban J connectivity index is 1.10. The van der Waals surface area contributed by atoms with Crippen molar-refractivity contribution in [1.82, 2.24) is 30.2 Å². The first-order valence-corrected chi connectivity index (χ1v) is 14.3. The van der Waals surface area contributed by atoms with Gasteiger partial charge in [0.15, 0.2) is 23.9 Å². The molecule has 0 spiro atoms. The minimum atomic E-state index is -4.65. The minimum absolute atomic E-state index is 0.0530. The fourth-order valence-corrected chi connectivity index (χ4v) is 6.98. The van der Waals surface area contributed by atoms with E-state index in [1.807, 2.05) is 0 Å². The Morgan fingerprint density at radius 1 is 1.37 bits per heavy atom. The van der Waals surface area contributed by atoms with E-state index in [9.17, 15) is 27.8 Å². The summed E-state index contributed by atoms with van der Waals surface area (Å²) in [5.41, 5.74) is 6.11. The molecule has 2 aromatic rings. The van der Waals surface area contributed by atoms with E-state index in [-0.39, 0.29) is 46.8 Å². The van der Waals surface area contributed by atoms with Gasteiger partial charge in [-0.05, 0) is 25.2 Å². The summed E-state index contributed by atoms with van der Waals surface area (Å²) in [6, 6.07) is -0.0152. The molecule has 5 N–H and O–H groups in total. The summed E-state index contributed by atoms with van der Waals surface area (Å²) in [4.78, 5) is 23.3. The first kappa shape index (κ1) is 26.8. The molecule has 5 rings (SSSR count). The molecule has 2 amide bonds. The highest BCUT2D eigenvalue weighted by molar-refractivity contribution is 8.00. The lowest BCUT2D eigenvalue weighted by Crippen LogP contribution is -2.36. The third-order valence-corrected chi connectivity index (χ3v) is 8.99. The molecule has 5 heterocycles. The number of imidazole rings is 1. The van der Waals surface area contributed by atoms with Crippen LogP contribution >= 0.6 is 11.8 Å². The lowest BCUT2D eigenvalue weighted by atomic mass is 10.0. The van der Waals surface area contributed by atoms with Gasteiger partial charge in [-0.25, -0.2) is 28.3 Å². The Hall–Kier alpha value is -2.80. The van der Waals surface area contributed by atoms with E-state index < -0.39 is 47.4 Å². The zero-order valence-electron chi connectivity index (χ0n) is 19.8. The second kappa shape index (κ2) is 10.8. The van der Waals surface area contributed by atoms with E-state index in [1.165, 1.54) is 10.9 Å². The second-order valence-corrected chi connectivity index (χ2v) is 11.7. The smallest absolute Gasteiger partial charge is 0.380 e. The van der Waals surface area contributed by atoms with Crippen LogP contribution in [0.4, 0.5) is 15.0 Å². The Kier molecular flexibility index (Phi) is 7.58. The predicted octanol–water partition coefficient (Wildman–Crippen LogP) is -1.25. The van der Waals surface area contributed by atoms with Crippen molar-refractivity contribution < 1.29 is 36.7 Å². The zero-order chi connectivity index (χ0) is 27.0. The van der Waals surface area contributed by atoms with Crippen molar-refractivity contribution >= 4 is 51.0 Å². The van der Waals surface area contributed by atoms with Gasteiger partial charge in [-0.1, -0.05) is 6.42 Å². The summed E-state index contributed by atoms with van der Waals surface area (Å²) in [5, 5.41) is 28.3. The number of nitrogen functional groups attached to an aromatic ring is 1.